The van der Waals surface area contributed by atoms with Gasteiger partial charge in [-0.1, -0.05) is 48.5 Å². The minimum absolute atomic E-state index is 0.0182. The molecule has 3 aromatic rings. The maximum Gasteiger partial charge on any atom is 0.305 e. The van der Waals surface area contributed by atoms with E-state index in [1.54, 1.807) is 19.1 Å². The van der Waals surface area contributed by atoms with E-state index in [1.807, 2.05) is 48.5 Å². The molecule has 0 aliphatic rings. The van der Waals surface area contributed by atoms with Gasteiger partial charge in [0.15, 0.2) is 5.76 Å². The van der Waals surface area contributed by atoms with E-state index in [9.17, 15) is 14.4 Å². The van der Waals surface area contributed by atoms with Crippen molar-refractivity contribution in [2.45, 2.75) is 13.3 Å². The monoisotopic (exact) mass is 391 g/mol. The van der Waals surface area contributed by atoms with Gasteiger partial charge in [0.1, 0.15) is 5.58 Å². The summed E-state index contributed by atoms with van der Waals surface area (Å²) in [4.78, 5) is 35.9. The molecule has 0 aliphatic carbocycles. The molecule has 0 atom stereocenters. The molecule has 1 heterocycles. The predicted molar refractivity (Wildman–Crippen MR) is 110 cm³/mol. The van der Waals surface area contributed by atoms with Crippen molar-refractivity contribution in [1.82, 2.24) is 16.2 Å². The number of fused-ring (bicyclic) bond motifs is 1. The van der Waals surface area contributed by atoms with Crippen molar-refractivity contribution in [3.63, 3.8) is 0 Å². The number of hydrazine groups is 1. The Bertz CT molecular complexity index is 1050. The Labute approximate surface area is 167 Å². The molecule has 3 N–H and O–H groups in total. The molecule has 7 nitrogen and oxygen atoms in total. The number of para-hydroxylation sites is 1. The van der Waals surface area contributed by atoms with Crippen molar-refractivity contribution in [1.29, 1.82) is 0 Å². The number of nitrogens with one attached hydrogen (secondary N) is 3. The van der Waals surface area contributed by atoms with Gasteiger partial charge in [0.2, 0.25) is 11.8 Å². The minimum Gasteiger partial charge on any atom is -0.451 e. The number of carbonyl (C=O) groups excluding carboxylic acids is 3. The van der Waals surface area contributed by atoms with E-state index in [1.165, 1.54) is 6.08 Å². The summed E-state index contributed by atoms with van der Waals surface area (Å²) in [6.07, 6.45) is 3.11. The lowest BCUT2D eigenvalue weighted by Gasteiger charge is -2.06. The number of hydrogen-bond donors (Lipinski definition) is 3. The van der Waals surface area contributed by atoms with Crippen LogP contribution in [0, 0.1) is 6.92 Å². The van der Waals surface area contributed by atoms with Gasteiger partial charge in [0, 0.05) is 30.0 Å². The summed E-state index contributed by atoms with van der Waals surface area (Å²) >= 11 is 0. The number of aryl methyl sites for hydroxylation is 1. The first kappa shape index (κ1) is 19.9. The molecule has 0 fully saturated rings. The van der Waals surface area contributed by atoms with Gasteiger partial charge in [0.25, 0.3) is 0 Å². The fourth-order valence-electron chi connectivity index (χ4n) is 2.73. The number of benzene rings is 2. The summed E-state index contributed by atoms with van der Waals surface area (Å²) < 4.78 is 5.54. The predicted octanol–water partition coefficient (Wildman–Crippen LogP) is 2.72. The average Bonchev–Trinajstić information content (AvgIpc) is 3.08. The molecule has 148 valence electrons. The number of furan rings is 1. The third-order valence-corrected chi connectivity index (χ3v) is 4.24. The van der Waals surface area contributed by atoms with Crippen molar-refractivity contribution in [2.75, 3.05) is 6.54 Å². The van der Waals surface area contributed by atoms with E-state index in [4.69, 9.17) is 4.42 Å². The molecule has 3 amide bonds. The molecule has 0 aliphatic heterocycles. The fourth-order valence-corrected chi connectivity index (χ4v) is 2.73. The van der Waals surface area contributed by atoms with Gasteiger partial charge in [0.05, 0.1) is 0 Å². The number of amides is 3. The van der Waals surface area contributed by atoms with Gasteiger partial charge in [-0.3, -0.25) is 25.2 Å². The fraction of sp³-hybridized carbons (Fsp3) is 0.136. The van der Waals surface area contributed by atoms with E-state index in [-0.39, 0.29) is 24.6 Å². The van der Waals surface area contributed by atoms with Crippen LogP contribution < -0.4 is 16.2 Å². The molecule has 0 spiro atoms. The van der Waals surface area contributed by atoms with Gasteiger partial charge in [-0.05, 0) is 24.6 Å². The summed E-state index contributed by atoms with van der Waals surface area (Å²) in [7, 11) is 0. The van der Waals surface area contributed by atoms with Crippen molar-refractivity contribution in [3.8, 4) is 0 Å². The highest BCUT2D eigenvalue weighted by molar-refractivity contribution is 5.99. The van der Waals surface area contributed by atoms with Crippen LogP contribution in [-0.2, 0) is 9.59 Å². The van der Waals surface area contributed by atoms with Gasteiger partial charge >= 0.3 is 5.91 Å². The molecule has 0 unspecified atom stereocenters. The largest absolute Gasteiger partial charge is 0.451 e. The minimum atomic E-state index is -0.540. The van der Waals surface area contributed by atoms with Crippen LogP contribution in [-0.4, -0.2) is 24.3 Å². The maximum atomic E-state index is 12.2. The Morgan fingerprint density at radius 2 is 1.69 bits per heavy atom. The zero-order valence-electron chi connectivity index (χ0n) is 15.9. The van der Waals surface area contributed by atoms with Crippen molar-refractivity contribution in [3.05, 3.63) is 77.6 Å². The maximum absolute atomic E-state index is 12.2. The van der Waals surface area contributed by atoms with Crippen LogP contribution in [0.5, 0.6) is 0 Å². The molecule has 0 radical (unpaired) electrons. The van der Waals surface area contributed by atoms with Crippen molar-refractivity contribution < 1.29 is 18.8 Å². The highest BCUT2D eigenvalue weighted by Gasteiger charge is 2.17. The first-order valence-corrected chi connectivity index (χ1v) is 9.13. The lowest BCUT2D eigenvalue weighted by atomic mass is 10.1. The first-order chi connectivity index (χ1) is 14.0. The van der Waals surface area contributed by atoms with E-state index in [0.717, 1.165) is 10.9 Å². The molecular weight excluding hydrogens is 370 g/mol. The third kappa shape index (κ3) is 5.32. The zero-order valence-corrected chi connectivity index (χ0v) is 15.9. The van der Waals surface area contributed by atoms with Crippen LogP contribution in [0.15, 0.2) is 65.1 Å². The molecule has 7 heteroatoms. The van der Waals surface area contributed by atoms with Crippen LogP contribution in [0.3, 0.4) is 0 Å². The quantitative estimate of drug-likeness (QED) is 0.444. The van der Waals surface area contributed by atoms with Gasteiger partial charge < -0.3 is 9.73 Å². The standard InChI is InChI=1S/C22H21N3O4/c1-15-17-9-5-6-10-18(17)29-21(15)22(28)25-24-20(27)13-14-23-19(26)12-11-16-7-3-2-4-8-16/h2-12H,13-14H2,1H3,(H,23,26)(H,24,27)(H,25,28)/b12-11+. The van der Waals surface area contributed by atoms with Crippen LogP contribution in [0.2, 0.25) is 0 Å². The lowest BCUT2D eigenvalue weighted by Crippen LogP contribution is -2.42. The Morgan fingerprint density at radius 3 is 2.45 bits per heavy atom. The van der Waals surface area contributed by atoms with Gasteiger partial charge in [-0.2, -0.15) is 0 Å². The molecule has 29 heavy (non-hydrogen) atoms. The Kier molecular flexibility index (Phi) is 6.42. The molecule has 0 saturated carbocycles. The number of hydrogen-bond acceptors (Lipinski definition) is 4. The number of carbonyl (C=O) groups is 3. The molecule has 2 aromatic carbocycles. The van der Waals surface area contributed by atoms with E-state index in [0.29, 0.717) is 11.1 Å². The molecule has 1 aromatic heterocycles. The van der Waals surface area contributed by atoms with Crippen LogP contribution >= 0.6 is 0 Å². The van der Waals surface area contributed by atoms with Crippen molar-refractivity contribution >= 4 is 34.8 Å². The SMILES string of the molecule is Cc1c(C(=O)NNC(=O)CCNC(=O)/C=C/c2ccccc2)oc2ccccc12. The lowest BCUT2D eigenvalue weighted by molar-refractivity contribution is -0.122. The Balaban J connectivity index is 1.41. The highest BCUT2D eigenvalue weighted by Crippen LogP contribution is 2.24. The summed E-state index contributed by atoms with van der Waals surface area (Å²) in [5, 5.41) is 3.46. The second-order valence-corrected chi connectivity index (χ2v) is 6.34. The average molecular weight is 391 g/mol. The van der Waals surface area contributed by atoms with Gasteiger partial charge in [-0.15, -0.1) is 0 Å². The smallest absolute Gasteiger partial charge is 0.305 e. The normalized spacial score (nSPS) is 10.8. The second kappa shape index (κ2) is 9.36. The molecule has 3 rings (SSSR count). The molecule has 0 bridgehead atoms. The highest BCUT2D eigenvalue weighted by atomic mass is 16.3. The first-order valence-electron chi connectivity index (χ1n) is 9.13. The van der Waals surface area contributed by atoms with E-state index >= 15 is 0 Å². The zero-order chi connectivity index (χ0) is 20.6. The van der Waals surface area contributed by atoms with Gasteiger partial charge in [-0.25, -0.2) is 0 Å². The topological polar surface area (TPSA) is 100 Å². The summed E-state index contributed by atoms with van der Waals surface area (Å²) in [6, 6.07) is 16.7. The van der Waals surface area contributed by atoms with E-state index < -0.39 is 11.8 Å². The van der Waals surface area contributed by atoms with E-state index in [2.05, 4.69) is 16.2 Å². The van der Waals surface area contributed by atoms with Crippen LogP contribution in [0.25, 0.3) is 17.0 Å². The van der Waals surface area contributed by atoms with Crippen LogP contribution in [0.4, 0.5) is 0 Å². The summed E-state index contributed by atoms with van der Waals surface area (Å²) in [5.74, 6) is -1.13. The summed E-state index contributed by atoms with van der Waals surface area (Å²) in [5.41, 5.74) is 6.85. The Morgan fingerprint density at radius 1 is 0.966 bits per heavy atom. The second-order valence-electron chi connectivity index (χ2n) is 6.34. The summed E-state index contributed by atoms with van der Waals surface area (Å²) in [6.45, 7) is 1.92. The Hall–Kier alpha value is -3.87. The van der Waals surface area contributed by atoms with Crippen LogP contribution in [0.1, 0.15) is 28.1 Å². The number of rotatable bonds is 6. The third-order valence-electron chi connectivity index (χ3n) is 4.24. The molecular formula is C22H21N3O4. The van der Waals surface area contributed by atoms with Crippen molar-refractivity contribution in [2.24, 2.45) is 0 Å². The molecule has 0 saturated heterocycles.